The molecule has 6 heteroatoms. The minimum Gasteiger partial charge on any atom is -0.550 e. The Balaban J connectivity index is 3.88. The van der Waals surface area contributed by atoms with Gasteiger partial charge in [0, 0.05) is 12.4 Å². The predicted octanol–water partition coefficient (Wildman–Crippen LogP) is -3.84. The lowest BCUT2D eigenvalue weighted by atomic mass is 10.1. The highest BCUT2D eigenvalue weighted by Gasteiger charge is 2.13. The molecule has 0 aromatic rings. The van der Waals surface area contributed by atoms with Gasteiger partial charge in [-0.1, -0.05) is 0 Å². The lowest BCUT2D eigenvalue weighted by molar-refractivity contribution is -0.308. The minimum atomic E-state index is -1.75. The molecular weight excluding hydrogens is 166 g/mol. The molecule has 0 fully saturated rings. The summed E-state index contributed by atoms with van der Waals surface area (Å²) in [6.07, 6.45) is -0.975. The van der Waals surface area contributed by atoms with Crippen LogP contribution < -0.4 is 15.9 Å². The van der Waals surface area contributed by atoms with E-state index in [1.54, 1.807) is 0 Å². The zero-order valence-electron chi connectivity index (χ0n) is 6.11. The van der Waals surface area contributed by atoms with Gasteiger partial charge in [-0.15, -0.1) is 0 Å². The molecule has 0 rings (SSSR count). The smallest absolute Gasteiger partial charge is 0.155 e. The van der Waals surface area contributed by atoms with Crippen molar-refractivity contribution >= 4 is 17.7 Å². The van der Waals surface area contributed by atoms with E-state index >= 15 is 0 Å². The second kappa shape index (κ2) is 4.45. The van der Waals surface area contributed by atoms with Crippen molar-refractivity contribution in [3.05, 3.63) is 0 Å². The van der Waals surface area contributed by atoms with Gasteiger partial charge in [-0.05, 0) is 6.42 Å². The number of rotatable bonds is 5. The van der Waals surface area contributed by atoms with Crippen LogP contribution in [0.15, 0.2) is 0 Å². The Morgan fingerprint density at radius 2 is 1.67 bits per heavy atom. The average Bonchev–Trinajstić information content (AvgIpc) is 1.98. The fourth-order valence-corrected chi connectivity index (χ4v) is 0.512. The zero-order valence-corrected chi connectivity index (χ0v) is 6.11. The molecule has 1 unspecified atom stereocenters. The maximum absolute atomic E-state index is 10.7. The number of ketones is 1. The first-order chi connectivity index (χ1) is 5.45. The summed E-state index contributed by atoms with van der Waals surface area (Å²) in [4.78, 5) is 30.4. The first-order valence-electron chi connectivity index (χ1n) is 3.14. The van der Waals surface area contributed by atoms with Gasteiger partial charge >= 0.3 is 0 Å². The molecule has 0 amide bonds. The number of carboxylic acids is 2. The van der Waals surface area contributed by atoms with Crippen molar-refractivity contribution in [1.29, 1.82) is 0 Å². The molecule has 0 spiro atoms. The molecule has 0 bridgehead atoms. The fourth-order valence-electron chi connectivity index (χ4n) is 0.512. The molecule has 0 saturated carbocycles. The summed E-state index contributed by atoms with van der Waals surface area (Å²) >= 11 is 0. The summed E-state index contributed by atoms with van der Waals surface area (Å²) in [7, 11) is 0. The molecular formula is C6H7NO5-2. The van der Waals surface area contributed by atoms with Gasteiger partial charge < -0.3 is 25.5 Å². The summed E-state index contributed by atoms with van der Waals surface area (Å²) in [5.41, 5.74) is 4.82. The zero-order chi connectivity index (χ0) is 9.72. The highest BCUT2D eigenvalue weighted by molar-refractivity contribution is 6.01. The van der Waals surface area contributed by atoms with Crippen LogP contribution >= 0.6 is 0 Å². The van der Waals surface area contributed by atoms with Crippen LogP contribution in [0.3, 0.4) is 0 Å². The van der Waals surface area contributed by atoms with Gasteiger partial charge in [0.1, 0.15) is 6.04 Å². The number of aliphatic carboxylic acids is 2. The van der Waals surface area contributed by atoms with Crippen molar-refractivity contribution in [3.8, 4) is 0 Å². The minimum absolute atomic E-state index is 0.447. The van der Waals surface area contributed by atoms with E-state index in [1.807, 2.05) is 0 Å². The normalized spacial score (nSPS) is 12.1. The average molecular weight is 173 g/mol. The number of nitrogens with two attached hydrogens (primary N) is 1. The van der Waals surface area contributed by atoms with E-state index < -0.39 is 36.6 Å². The van der Waals surface area contributed by atoms with Crippen molar-refractivity contribution in [1.82, 2.24) is 0 Å². The van der Waals surface area contributed by atoms with Crippen LogP contribution in [0, 0.1) is 0 Å². The third kappa shape index (κ3) is 3.67. The second-order valence-electron chi connectivity index (χ2n) is 2.14. The van der Waals surface area contributed by atoms with E-state index in [0.717, 1.165) is 0 Å². The number of carbonyl (C=O) groups excluding carboxylic acids is 3. The Hall–Kier alpha value is -1.43. The summed E-state index contributed by atoms with van der Waals surface area (Å²) in [6, 6.07) is -1.75. The quantitative estimate of drug-likeness (QED) is 0.424. The van der Waals surface area contributed by atoms with Gasteiger partial charge in [-0.2, -0.15) is 0 Å². The summed E-state index contributed by atoms with van der Waals surface area (Å²) in [5.74, 6) is -4.01. The van der Waals surface area contributed by atoms with E-state index in [4.69, 9.17) is 5.73 Å². The molecule has 0 aliphatic rings. The van der Waals surface area contributed by atoms with Crippen LogP contribution in [0.4, 0.5) is 0 Å². The molecule has 0 aliphatic carbocycles. The van der Waals surface area contributed by atoms with E-state index in [0.29, 0.717) is 0 Å². The lowest BCUT2D eigenvalue weighted by Gasteiger charge is -2.10. The standard InChI is InChI=1S/C6H9NO5/c7-5(6(11)12)3(8)1-2-4(9)10/h5H,1-2,7H2,(H,9,10)(H,11,12)/p-2. The summed E-state index contributed by atoms with van der Waals surface area (Å²) in [5, 5.41) is 19.8. The number of carbonyl (C=O) groups is 3. The second-order valence-corrected chi connectivity index (χ2v) is 2.14. The maximum atomic E-state index is 10.7. The molecule has 2 N–H and O–H groups in total. The van der Waals surface area contributed by atoms with E-state index in [-0.39, 0.29) is 0 Å². The Morgan fingerprint density at radius 1 is 1.17 bits per heavy atom. The first-order valence-corrected chi connectivity index (χ1v) is 3.14. The van der Waals surface area contributed by atoms with E-state index in [9.17, 15) is 24.6 Å². The Kier molecular flexibility index (Phi) is 3.92. The number of carboxylic acid groups (broad SMARTS) is 2. The summed E-state index contributed by atoms with van der Waals surface area (Å²) < 4.78 is 0. The molecule has 68 valence electrons. The van der Waals surface area contributed by atoms with Gasteiger partial charge in [0.05, 0.1) is 5.97 Å². The van der Waals surface area contributed by atoms with Crippen molar-refractivity contribution in [2.75, 3.05) is 0 Å². The van der Waals surface area contributed by atoms with Crippen LogP contribution in [0.1, 0.15) is 12.8 Å². The predicted molar refractivity (Wildman–Crippen MR) is 32.2 cm³/mol. The highest BCUT2D eigenvalue weighted by Crippen LogP contribution is 1.92. The Labute approximate surface area is 68.0 Å². The molecule has 0 aromatic heterocycles. The van der Waals surface area contributed by atoms with Crippen LogP contribution in [0.5, 0.6) is 0 Å². The fraction of sp³-hybridized carbons (Fsp3) is 0.500. The van der Waals surface area contributed by atoms with Crippen LogP contribution in [-0.4, -0.2) is 23.8 Å². The largest absolute Gasteiger partial charge is 0.550 e. The van der Waals surface area contributed by atoms with E-state index in [1.165, 1.54) is 0 Å². The van der Waals surface area contributed by atoms with E-state index in [2.05, 4.69) is 0 Å². The number of hydrogen-bond acceptors (Lipinski definition) is 6. The van der Waals surface area contributed by atoms with Gasteiger partial charge in [-0.25, -0.2) is 0 Å². The van der Waals surface area contributed by atoms with Crippen LogP contribution in [0.2, 0.25) is 0 Å². The Bertz CT molecular complexity index is 212. The molecule has 0 radical (unpaired) electrons. The third-order valence-corrected chi connectivity index (χ3v) is 1.18. The topological polar surface area (TPSA) is 123 Å². The molecule has 12 heavy (non-hydrogen) atoms. The SMILES string of the molecule is NC(C(=O)[O-])C(=O)CCC(=O)[O-]. The third-order valence-electron chi connectivity index (χ3n) is 1.18. The maximum Gasteiger partial charge on any atom is 0.155 e. The molecule has 0 aromatic carbocycles. The molecule has 0 saturated heterocycles. The molecule has 6 nitrogen and oxygen atoms in total. The molecule has 1 atom stereocenters. The number of hydrogen-bond donors (Lipinski definition) is 1. The molecule has 0 aliphatic heterocycles. The van der Waals surface area contributed by atoms with Gasteiger partial charge in [-0.3, -0.25) is 4.79 Å². The monoisotopic (exact) mass is 173 g/mol. The summed E-state index contributed by atoms with van der Waals surface area (Å²) in [6.45, 7) is 0. The molecule has 0 heterocycles. The lowest BCUT2D eigenvalue weighted by Crippen LogP contribution is -2.47. The Morgan fingerprint density at radius 3 is 2.00 bits per heavy atom. The van der Waals surface area contributed by atoms with Gasteiger partial charge in [0.25, 0.3) is 0 Å². The van der Waals surface area contributed by atoms with Crippen molar-refractivity contribution in [3.63, 3.8) is 0 Å². The van der Waals surface area contributed by atoms with Gasteiger partial charge in [0.15, 0.2) is 5.78 Å². The van der Waals surface area contributed by atoms with Crippen molar-refractivity contribution < 1.29 is 24.6 Å². The highest BCUT2D eigenvalue weighted by atomic mass is 16.4. The first kappa shape index (κ1) is 10.6. The van der Waals surface area contributed by atoms with Crippen LogP contribution in [0.25, 0.3) is 0 Å². The van der Waals surface area contributed by atoms with Gasteiger partial charge in [0.2, 0.25) is 0 Å². The number of Topliss-reactive ketones (excluding diaryl/α,β-unsaturated/α-hetero) is 1. The van der Waals surface area contributed by atoms with Crippen LogP contribution in [-0.2, 0) is 14.4 Å². The van der Waals surface area contributed by atoms with Crippen molar-refractivity contribution in [2.45, 2.75) is 18.9 Å². The van der Waals surface area contributed by atoms with Crippen molar-refractivity contribution in [2.24, 2.45) is 5.73 Å².